The van der Waals surface area contributed by atoms with Gasteiger partial charge in [-0.15, -0.1) is 0 Å². The number of urea groups is 1. The van der Waals surface area contributed by atoms with Gasteiger partial charge >= 0.3 is 6.03 Å². The molecule has 4 amide bonds. The van der Waals surface area contributed by atoms with Gasteiger partial charge in [-0.3, -0.25) is 14.5 Å². The number of nitrogens with zero attached hydrogens (tertiary/aromatic N) is 2. The monoisotopic (exact) mass is 387 g/mol. The zero-order chi connectivity index (χ0) is 20.9. The number of benzene rings is 1. The van der Waals surface area contributed by atoms with E-state index in [9.17, 15) is 14.4 Å². The van der Waals surface area contributed by atoms with Crippen LogP contribution < -0.4 is 5.32 Å². The first kappa shape index (κ1) is 21.9. The van der Waals surface area contributed by atoms with Crippen LogP contribution in [-0.2, 0) is 15.1 Å². The minimum atomic E-state index is -1.14. The van der Waals surface area contributed by atoms with E-state index < -0.39 is 11.6 Å². The molecule has 2 rings (SSSR count). The number of rotatable bonds is 9. The molecule has 0 unspecified atom stereocenters. The van der Waals surface area contributed by atoms with Gasteiger partial charge in [0.05, 0.1) is 0 Å². The molecule has 1 aliphatic rings. The molecule has 1 saturated heterocycles. The Balaban J connectivity index is 2.11. The molecule has 154 valence electrons. The highest BCUT2D eigenvalue weighted by molar-refractivity contribution is 6.09. The van der Waals surface area contributed by atoms with E-state index in [0.29, 0.717) is 30.5 Å². The summed E-state index contributed by atoms with van der Waals surface area (Å²) in [6, 6.07) is 8.61. The lowest BCUT2D eigenvalue weighted by Gasteiger charge is -2.26. The first-order valence-electron chi connectivity index (χ1n) is 10.1. The van der Waals surface area contributed by atoms with Crippen LogP contribution in [0.15, 0.2) is 30.3 Å². The van der Waals surface area contributed by atoms with Gasteiger partial charge in [0.15, 0.2) is 0 Å². The minimum Gasteiger partial charge on any atom is -0.341 e. The second-order valence-corrected chi connectivity index (χ2v) is 8.56. The maximum atomic E-state index is 13.0. The summed E-state index contributed by atoms with van der Waals surface area (Å²) in [7, 11) is 0. The Bertz CT molecular complexity index is 690. The smallest absolute Gasteiger partial charge is 0.325 e. The summed E-state index contributed by atoms with van der Waals surface area (Å²) in [6.45, 7) is 11.2. The van der Waals surface area contributed by atoms with Gasteiger partial charge in [-0.2, -0.15) is 0 Å². The van der Waals surface area contributed by atoms with E-state index in [1.807, 2.05) is 18.2 Å². The van der Waals surface area contributed by atoms with Gasteiger partial charge in [0.2, 0.25) is 5.91 Å². The lowest BCUT2D eigenvalue weighted by Crippen LogP contribution is -2.45. The van der Waals surface area contributed by atoms with E-state index >= 15 is 0 Å². The largest absolute Gasteiger partial charge is 0.341 e. The SMILES string of the molecule is CC(C)CCN(CCC(C)C)C(=O)CN1C(=O)N[C@@](C)(c2ccccc2)C1=O. The van der Waals surface area contributed by atoms with Gasteiger partial charge in [-0.05, 0) is 37.2 Å². The van der Waals surface area contributed by atoms with Crippen molar-refractivity contribution in [1.82, 2.24) is 15.1 Å². The highest BCUT2D eigenvalue weighted by Gasteiger charge is 2.49. The molecule has 6 heteroatoms. The van der Waals surface area contributed by atoms with Crippen molar-refractivity contribution in [3.8, 4) is 0 Å². The first-order chi connectivity index (χ1) is 13.1. The molecule has 1 aromatic rings. The Labute approximate surface area is 168 Å². The number of imide groups is 1. The fraction of sp³-hybridized carbons (Fsp3) is 0.591. The summed E-state index contributed by atoms with van der Waals surface area (Å²) in [5, 5.41) is 2.76. The number of amides is 4. The third kappa shape index (κ3) is 5.12. The van der Waals surface area contributed by atoms with Crippen molar-refractivity contribution in [3.05, 3.63) is 35.9 Å². The predicted molar refractivity (Wildman–Crippen MR) is 110 cm³/mol. The van der Waals surface area contributed by atoms with E-state index in [1.54, 1.807) is 24.0 Å². The van der Waals surface area contributed by atoms with Crippen molar-refractivity contribution < 1.29 is 14.4 Å². The van der Waals surface area contributed by atoms with E-state index in [1.165, 1.54) is 0 Å². The standard InChI is InChI=1S/C22H33N3O3/c1-16(2)11-13-24(14-12-17(3)4)19(26)15-25-20(27)22(5,23-21(25)28)18-9-7-6-8-10-18/h6-10,16-17H,11-15H2,1-5H3,(H,23,28)/t22-/m0/s1. The molecule has 0 aromatic heterocycles. The molecule has 1 atom stereocenters. The number of carbonyl (C=O) groups excluding carboxylic acids is 3. The molecule has 6 nitrogen and oxygen atoms in total. The van der Waals surface area contributed by atoms with Gasteiger partial charge in [0.1, 0.15) is 12.1 Å². The zero-order valence-electron chi connectivity index (χ0n) is 17.7. The molecule has 0 spiro atoms. The van der Waals surface area contributed by atoms with Crippen LogP contribution in [-0.4, -0.2) is 47.3 Å². The Kier molecular flexibility index (Phi) is 7.22. The van der Waals surface area contributed by atoms with Gasteiger partial charge in [-0.25, -0.2) is 4.79 Å². The van der Waals surface area contributed by atoms with Crippen molar-refractivity contribution in [2.75, 3.05) is 19.6 Å². The quantitative estimate of drug-likeness (QED) is 0.661. The maximum Gasteiger partial charge on any atom is 0.325 e. The normalized spacial score (nSPS) is 19.5. The van der Waals surface area contributed by atoms with Crippen LogP contribution in [0, 0.1) is 11.8 Å². The Morgan fingerprint density at radius 3 is 2.07 bits per heavy atom. The highest BCUT2D eigenvalue weighted by atomic mass is 16.2. The molecule has 1 heterocycles. The summed E-state index contributed by atoms with van der Waals surface area (Å²) in [5.74, 6) is 0.395. The van der Waals surface area contributed by atoms with Crippen LogP contribution in [0.2, 0.25) is 0 Å². The van der Waals surface area contributed by atoms with Crippen LogP contribution in [0.25, 0.3) is 0 Å². The van der Waals surface area contributed by atoms with Crippen molar-refractivity contribution in [2.45, 2.75) is 53.0 Å². The highest BCUT2D eigenvalue weighted by Crippen LogP contribution is 2.28. The number of nitrogens with one attached hydrogen (secondary N) is 1. The predicted octanol–water partition coefficient (Wildman–Crippen LogP) is 3.37. The molecule has 1 fully saturated rings. The van der Waals surface area contributed by atoms with Gasteiger partial charge in [0.25, 0.3) is 5.91 Å². The molecule has 0 bridgehead atoms. The van der Waals surface area contributed by atoms with Gasteiger partial charge in [-0.1, -0.05) is 58.0 Å². The van der Waals surface area contributed by atoms with E-state index in [-0.39, 0.29) is 18.4 Å². The second kappa shape index (κ2) is 9.22. The molecule has 0 aliphatic carbocycles. The summed E-state index contributed by atoms with van der Waals surface area (Å²) >= 11 is 0. The van der Waals surface area contributed by atoms with Crippen LogP contribution >= 0.6 is 0 Å². The minimum absolute atomic E-state index is 0.179. The lowest BCUT2D eigenvalue weighted by atomic mass is 9.92. The average Bonchev–Trinajstić information content (AvgIpc) is 2.86. The fourth-order valence-corrected chi connectivity index (χ4v) is 3.23. The van der Waals surface area contributed by atoms with Crippen molar-refractivity contribution in [2.24, 2.45) is 11.8 Å². The molecular formula is C22H33N3O3. The average molecular weight is 388 g/mol. The van der Waals surface area contributed by atoms with Crippen molar-refractivity contribution in [3.63, 3.8) is 0 Å². The molecule has 0 saturated carbocycles. The maximum absolute atomic E-state index is 13.0. The topological polar surface area (TPSA) is 69.7 Å². The van der Waals surface area contributed by atoms with E-state index in [2.05, 4.69) is 33.0 Å². The molecule has 1 aliphatic heterocycles. The number of hydrogen-bond donors (Lipinski definition) is 1. The Hall–Kier alpha value is -2.37. The van der Waals surface area contributed by atoms with Crippen LogP contribution in [0.1, 0.15) is 53.0 Å². The van der Waals surface area contributed by atoms with E-state index in [0.717, 1.165) is 17.7 Å². The van der Waals surface area contributed by atoms with Crippen LogP contribution in [0.4, 0.5) is 4.79 Å². The second-order valence-electron chi connectivity index (χ2n) is 8.56. The summed E-state index contributed by atoms with van der Waals surface area (Å²) < 4.78 is 0. The molecule has 1 aromatic carbocycles. The summed E-state index contributed by atoms with van der Waals surface area (Å²) in [6.07, 6.45) is 1.79. The molecule has 0 radical (unpaired) electrons. The first-order valence-corrected chi connectivity index (χ1v) is 10.1. The number of hydrogen-bond acceptors (Lipinski definition) is 3. The summed E-state index contributed by atoms with van der Waals surface area (Å²) in [5.41, 5.74) is -0.431. The van der Waals surface area contributed by atoms with Crippen molar-refractivity contribution in [1.29, 1.82) is 0 Å². The fourth-order valence-electron chi connectivity index (χ4n) is 3.23. The molecule has 28 heavy (non-hydrogen) atoms. The van der Waals surface area contributed by atoms with Crippen LogP contribution in [0.3, 0.4) is 0 Å². The summed E-state index contributed by atoms with van der Waals surface area (Å²) in [4.78, 5) is 41.2. The van der Waals surface area contributed by atoms with E-state index in [4.69, 9.17) is 0 Å². The van der Waals surface area contributed by atoms with Crippen molar-refractivity contribution >= 4 is 17.8 Å². The Morgan fingerprint density at radius 1 is 1.04 bits per heavy atom. The molecule has 1 N–H and O–H groups in total. The third-order valence-electron chi connectivity index (χ3n) is 5.22. The van der Waals surface area contributed by atoms with Gasteiger partial charge < -0.3 is 10.2 Å². The third-order valence-corrected chi connectivity index (χ3v) is 5.22. The van der Waals surface area contributed by atoms with Crippen LogP contribution in [0.5, 0.6) is 0 Å². The lowest BCUT2D eigenvalue weighted by molar-refractivity contribution is -0.139. The molecular weight excluding hydrogens is 354 g/mol. The Morgan fingerprint density at radius 2 is 1.57 bits per heavy atom. The zero-order valence-corrected chi connectivity index (χ0v) is 17.7. The van der Waals surface area contributed by atoms with Gasteiger partial charge in [0, 0.05) is 13.1 Å². The number of carbonyl (C=O) groups is 3.